The highest BCUT2D eigenvalue weighted by Crippen LogP contribution is 2.37. The summed E-state index contributed by atoms with van der Waals surface area (Å²) in [5, 5.41) is 5.12. The number of carbonyl (C=O) groups excluding carboxylic acids is 3. The lowest BCUT2D eigenvalue weighted by atomic mass is 9.74. The van der Waals surface area contributed by atoms with Crippen LogP contribution < -0.4 is 5.32 Å². The maximum atomic E-state index is 13.6. The van der Waals surface area contributed by atoms with Crippen molar-refractivity contribution >= 4 is 29.2 Å². The normalized spacial score (nSPS) is 27.4. The number of likely N-dealkylation sites (tertiary alicyclic amines) is 2. The lowest BCUT2D eigenvalue weighted by Gasteiger charge is -2.41. The summed E-state index contributed by atoms with van der Waals surface area (Å²) in [6.45, 7) is 4.95. The number of nitrogens with zero attached hydrogens (tertiary/aromatic N) is 3. The van der Waals surface area contributed by atoms with Crippen LogP contribution >= 0.6 is 11.3 Å². The molecule has 32 heavy (non-hydrogen) atoms. The van der Waals surface area contributed by atoms with E-state index in [0.29, 0.717) is 38.5 Å². The van der Waals surface area contributed by atoms with Gasteiger partial charge in [-0.25, -0.2) is 4.79 Å². The molecule has 0 aromatic carbocycles. The van der Waals surface area contributed by atoms with E-state index in [4.69, 9.17) is 0 Å². The van der Waals surface area contributed by atoms with E-state index >= 15 is 0 Å². The number of hydrogen-bond acceptors (Lipinski definition) is 5. The molecule has 0 unspecified atom stereocenters. The van der Waals surface area contributed by atoms with Crippen molar-refractivity contribution in [1.29, 1.82) is 0 Å². The van der Waals surface area contributed by atoms with Gasteiger partial charge in [0.05, 0.1) is 6.42 Å². The molecular formula is C24H36N4O3S. The minimum absolute atomic E-state index is 0.0478. The predicted molar refractivity (Wildman–Crippen MR) is 125 cm³/mol. The second-order valence-corrected chi connectivity index (χ2v) is 10.6. The molecule has 3 fully saturated rings. The minimum atomic E-state index is -0.809. The van der Waals surface area contributed by atoms with Crippen LogP contribution in [0, 0.1) is 5.92 Å². The maximum absolute atomic E-state index is 13.6. The Morgan fingerprint density at radius 3 is 2.62 bits per heavy atom. The van der Waals surface area contributed by atoms with Gasteiger partial charge in [-0.05, 0) is 69.5 Å². The summed E-state index contributed by atoms with van der Waals surface area (Å²) in [5.41, 5.74) is -0.809. The highest BCUT2D eigenvalue weighted by Gasteiger charge is 2.55. The molecule has 0 aliphatic carbocycles. The summed E-state index contributed by atoms with van der Waals surface area (Å²) < 4.78 is 0. The Bertz CT molecular complexity index is 821. The van der Waals surface area contributed by atoms with Gasteiger partial charge in [0.2, 0.25) is 5.91 Å². The quantitative estimate of drug-likeness (QED) is 0.605. The SMILES string of the molecule is CCC[C@]1(C2CCN(C(=O)Cc3cccs3)CC2)NC(=O)N(CC[C@@H]2CCCN2C)C1=O. The predicted octanol–water partition coefficient (Wildman–Crippen LogP) is 3.10. The highest BCUT2D eigenvalue weighted by molar-refractivity contribution is 7.10. The van der Waals surface area contributed by atoms with Gasteiger partial charge in [0.15, 0.2) is 0 Å². The van der Waals surface area contributed by atoms with E-state index < -0.39 is 5.54 Å². The number of nitrogens with one attached hydrogen (secondary N) is 1. The number of rotatable bonds is 8. The molecule has 8 heteroatoms. The van der Waals surface area contributed by atoms with Crippen molar-refractivity contribution in [3.8, 4) is 0 Å². The molecule has 0 saturated carbocycles. The second-order valence-electron chi connectivity index (χ2n) is 9.58. The maximum Gasteiger partial charge on any atom is 0.325 e. The zero-order valence-corrected chi connectivity index (χ0v) is 20.2. The second kappa shape index (κ2) is 9.91. The number of piperidine rings is 1. The summed E-state index contributed by atoms with van der Waals surface area (Å²) in [6, 6.07) is 4.18. The molecule has 4 rings (SSSR count). The Morgan fingerprint density at radius 2 is 2.00 bits per heavy atom. The molecule has 0 radical (unpaired) electrons. The molecular weight excluding hydrogens is 424 g/mol. The zero-order chi connectivity index (χ0) is 22.7. The Balaban J connectivity index is 1.38. The van der Waals surface area contributed by atoms with Crippen LogP contribution in [0.3, 0.4) is 0 Å². The largest absolute Gasteiger partial charge is 0.342 e. The molecule has 2 atom stereocenters. The van der Waals surface area contributed by atoms with E-state index in [1.54, 1.807) is 11.3 Å². The van der Waals surface area contributed by atoms with Crippen molar-refractivity contribution in [2.45, 2.75) is 69.9 Å². The first kappa shape index (κ1) is 23.2. The molecule has 176 valence electrons. The molecule has 4 heterocycles. The summed E-state index contributed by atoms with van der Waals surface area (Å²) in [6.07, 6.45) is 6.61. The first-order valence-electron chi connectivity index (χ1n) is 12.1. The third kappa shape index (κ3) is 4.57. The number of thiophene rings is 1. The fraction of sp³-hybridized carbons (Fsp3) is 0.708. The average Bonchev–Trinajstić information content (AvgIpc) is 3.49. The third-order valence-electron chi connectivity index (χ3n) is 7.65. The van der Waals surface area contributed by atoms with E-state index in [1.165, 1.54) is 11.3 Å². The van der Waals surface area contributed by atoms with Crippen LogP contribution in [-0.4, -0.2) is 77.4 Å². The van der Waals surface area contributed by atoms with E-state index in [9.17, 15) is 14.4 Å². The molecule has 4 amide bonds. The van der Waals surface area contributed by atoms with Crippen molar-refractivity contribution in [2.75, 3.05) is 33.2 Å². The number of imide groups is 1. The van der Waals surface area contributed by atoms with Crippen LogP contribution in [0.25, 0.3) is 0 Å². The molecule has 1 aromatic heterocycles. The zero-order valence-electron chi connectivity index (χ0n) is 19.3. The lowest BCUT2D eigenvalue weighted by molar-refractivity contribution is -0.136. The third-order valence-corrected chi connectivity index (χ3v) is 8.53. The molecule has 0 spiro atoms. The standard InChI is InChI=1S/C24H36N4O3S/c1-3-11-24(18-8-13-27(14-9-18)21(29)17-20-7-5-16-32-20)22(30)28(23(31)25-24)15-10-19-6-4-12-26(19)2/h5,7,16,18-19H,3-4,6,8-15,17H2,1-2H3,(H,25,31)/t19-,24+/m0/s1. The average molecular weight is 461 g/mol. The molecule has 7 nitrogen and oxygen atoms in total. The monoisotopic (exact) mass is 460 g/mol. The van der Waals surface area contributed by atoms with Gasteiger partial charge in [0.1, 0.15) is 5.54 Å². The number of hydrogen-bond donors (Lipinski definition) is 1. The summed E-state index contributed by atoms with van der Waals surface area (Å²) in [7, 11) is 2.12. The molecule has 3 saturated heterocycles. The van der Waals surface area contributed by atoms with Gasteiger partial charge in [-0.1, -0.05) is 19.4 Å². The van der Waals surface area contributed by atoms with Crippen LogP contribution in [0.2, 0.25) is 0 Å². The van der Waals surface area contributed by atoms with Crippen LogP contribution in [0.1, 0.15) is 56.7 Å². The van der Waals surface area contributed by atoms with E-state index in [0.717, 1.165) is 43.5 Å². The van der Waals surface area contributed by atoms with Crippen molar-refractivity contribution < 1.29 is 14.4 Å². The van der Waals surface area contributed by atoms with Gasteiger partial charge in [-0.15, -0.1) is 11.3 Å². The minimum Gasteiger partial charge on any atom is -0.342 e. The molecule has 0 bridgehead atoms. The van der Waals surface area contributed by atoms with Crippen molar-refractivity contribution in [2.24, 2.45) is 5.92 Å². The summed E-state index contributed by atoms with van der Waals surface area (Å²) in [5.74, 6) is 0.178. The molecule has 3 aliphatic heterocycles. The number of amides is 4. The Hall–Kier alpha value is -1.93. The highest BCUT2D eigenvalue weighted by atomic mass is 32.1. The first-order valence-corrected chi connectivity index (χ1v) is 13.0. The van der Waals surface area contributed by atoms with Gasteiger partial charge in [0.25, 0.3) is 5.91 Å². The van der Waals surface area contributed by atoms with Crippen LogP contribution in [-0.2, 0) is 16.0 Å². The van der Waals surface area contributed by atoms with Crippen LogP contribution in [0.5, 0.6) is 0 Å². The summed E-state index contributed by atoms with van der Waals surface area (Å²) >= 11 is 1.61. The van der Waals surface area contributed by atoms with Crippen LogP contribution in [0.4, 0.5) is 4.79 Å². The van der Waals surface area contributed by atoms with Crippen molar-refractivity contribution in [3.63, 3.8) is 0 Å². The lowest BCUT2D eigenvalue weighted by Crippen LogP contribution is -2.56. The van der Waals surface area contributed by atoms with Gasteiger partial charge >= 0.3 is 6.03 Å². The Kier molecular flexibility index (Phi) is 7.20. The first-order chi connectivity index (χ1) is 15.4. The molecule has 1 N–H and O–H groups in total. The Labute approximate surface area is 195 Å². The topological polar surface area (TPSA) is 73.0 Å². The van der Waals surface area contributed by atoms with E-state index in [-0.39, 0.29) is 23.8 Å². The molecule has 3 aliphatic rings. The number of carbonyl (C=O) groups is 3. The van der Waals surface area contributed by atoms with Crippen molar-refractivity contribution in [1.82, 2.24) is 20.0 Å². The molecule has 1 aromatic rings. The van der Waals surface area contributed by atoms with E-state index in [1.807, 2.05) is 22.4 Å². The fourth-order valence-electron chi connectivity index (χ4n) is 5.81. The number of urea groups is 1. The van der Waals surface area contributed by atoms with Crippen molar-refractivity contribution in [3.05, 3.63) is 22.4 Å². The van der Waals surface area contributed by atoms with Gasteiger partial charge < -0.3 is 15.1 Å². The Morgan fingerprint density at radius 1 is 1.22 bits per heavy atom. The van der Waals surface area contributed by atoms with Crippen LogP contribution in [0.15, 0.2) is 17.5 Å². The van der Waals surface area contributed by atoms with E-state index in [2.05, 4.69) is 24.2 Å². The smallest absolute Gasteiger partial charge is 0.325 e. The van der Waals surface area contributed by atoms with Gasteiger partial charge in [-0.2, -0.15) is 0 Å². The van der Waals surface area contributed by atoms with Gasteiger partial charge in [0, 0.05) is 30.6 Å². The summed E-state index contributed by atoms with van der Waals surface area (Å²) in [4.78, 5) is 46.0. The fourth-order valence-corrected chi connectivity index (χ4v) is 6.51. The van der Waals surface area contributed by atoms with Gasteiger partial charge in [-0.3, -0.25) is 14.5 Å².